The van der Waals surface area contributed by atoms with E-state index < -0.39 is 143 Å². The highest BCUT2D eigenvalue weighted by Gasteiger charge is 2.54. The number of nitrogens with two attached hydrogens (primary N) is 1. The van der Waals surface area contributed by atoms with Crippen molar-refractivity contribution in [2.24, 2.45) is 5.90 Å². The number of ether oxygens (including phenoxy) is 10. The number of carbonyl (C=O) groups is 8. The molecule has 0 spiro atoms. The molecule has 0 aliphatic carbocycles. The second kappa shape index (κ2) is 87.1. The van der Waals surface area contributed by atoms with Crippen molar-refractivity contribution in [1.29, 1.82) is 0 Å². The summed E-state index contributed by atoms with van der Waals surface area (Å²) < 4.78 is 79.7. The van der Waals surface area contributed by atoms with Crippen LogP contribution in [0.2, 0.25) is 0 Å². The van der Waals surface area contributed by atoms with Crippen LogP contribution in [-0.2, 0) is 94.9 Å². The minimum absolute atomic E-state index is 0.0356. The van der Waals surface area contributed by atoms with E-state index >= 15 is 9.59 Å². The van der Waals surface area contributed by atoms with Gasteiger partial charge in [0.05, 0.1) is 78.7 Å². The lowest BCUT2D eigenvalue weighted by atomic mass is 9.95. The van der Waals surface area contributed by atoms with Crippen molar-refractivity contribution in [3.05, 3.63) is 0 Å². The number of rotatable bonds is 95. The average Bonchev–Trinajstić information content (AvgIpc) is 0.774. The number of hydrogen-bond acceptors (Lipinski definition) is 24. The third kappa shape index (κ3) is 72.7. The fourth-order valence-corrected chi connectivity index (χ4v) is 16.7. The fraction of sp³-hybridized carbons (Fsp3) is 0.919. The number of unbranched alkanes of at least 4 members (excludes halogenated alkanes) is 48. The predicted molar refractivity (Wildman–Crippen MR) is 508 cm³/mol. The van der Waals surface area contributed by atoms with Crippen LogP contribution in [0.25, 0.3) is 0 Å². The zero-order valence-electron chi connectivity index (χ0n) is 82.2. The standard InChI is InChI=1S/C99H188N5O25P/c1-7-13-19-25-31-37-43-49-55-61-83(124-90(110)64-58-52-46-40-34-28-22-16-10-4)75-87(107)103-94-96(128-93(113)77-85(63-57-51-45-39-33-27-21-15-9-3)126-92(112)66-60-54-48-42-36-30-24-18-12-6)95(129-130(115,116)117)86(78-121-98(114)102-68-70-119-72-74-120-73-71-118-69-67-101-89(109)79-123-100)127-97(94)122-82-99(80-105,81-106)104-88(108)76-84(62-56-50-44-38-32-26-20-14-8-2)125-91(111)65-59-53-47-41-35-29-23-17-11-5/h83-86,94-97,105-106H,7-82,100H2,1-6H3,(H,101,109)(H,102,114)(H,103,107)(H,104,108)(H2,115,116,117)/t83-,84-,85-,86-,94-,95-,96-,97-/m1/s1. The molecule has 0 radical (unpaired) electrons. The Labute approximate surface area is 784 Å². The minimum atomic E-state index is -5.75. The van der Waals surface area contributed by atoms with E-state index in [9.17, 15) is 53.3 Å². The van der Waals surface area contributed by atoms with Crippen LogP contribution in [0.15, 0.2) is 0 Å². The highest BCUT2D eigenvalue weighted by Crippen LogP contribution is 2.43. The Morgan fingerprint density at radius 3 is 1.06 bits per heavy atom. The maximum atomic E-state index is 15.4. The molecule has 30 nitrogen and oxygen atoms in total. The molecule has 31 heteroatoms. The number of phosphoric ester groups is 1. The average molecular weight is 1880 g/mol. The van der Waals surface area contributed by atoms with Gasteiger partial charge in [-0.25, -0.2) is 15.3 Å². The first kappa shape index (κ1) is 123. The zero-order valence-corrected chi connectivity index (χ0v) is 83.1. The number of aliphatic hydroxyl groups excluding tert-OH is 2. The van der Waals surface area contributed by atoms with Crippen molar-refractivity contribution in [2.75, 3.05) is 85.8 Å². The first-order valence-electron chi connectivity index (χ1n) is 52.0. The van der Waals surface area contributed by atoms with Crippen LogP contribution < -0.4 is 27.2 Å². The molecule has 0 aromatic carbocycles. The van der Waals surface area contributed by atoms with E-state index in [0.29, 0.717) is 44.9 Å². The quantitative estimate of drug-likeness (QED) is 0.00898. The molecule has 1 aliphatic rings. The summed E-state index contributed by atoms with van der Waals surface area (Å²) in [5, 5.41) is 33.7. The Morgan fingerprint density at radius 1 is 0.392 bits per heavy atom. The zero-order chi connectivity index (χ0) is 95.3. The number of esters is 4. The Hall–Kier alpha value is -4.69. The molecule has 764 valence electrons. The van der Waals surface area contributed by atoms with Crippen LogP contribution in [0.4, 0.5) is 4.79 Å². The van der Waals surface area contributed by atoms with E-state index in [-0.39, 0.29) is 104 Å². The Balaban J connectivity index is 4.20. The fourth-order valence-electron chi connectivity index (χ4n) is 16.1. The molecule has 0 bridgehead atoms. The molecule has 130 heavy (non-hydrogen) atoms. The van der Waals surface area contributed by atoms with Gasteiger partial charge in [-0.2, -0.15) is 0 Å². The van der Waals surface area contributed by atoms with Crippen molar-refractivity contribution in [2.45, 2.75) is 501 Å². The number of carbonyl (C=O) groups excluding carboxylic acids is 8. The molecule has 4 amide bonds. The van der Waals surface area contributed by atoms with Gasteiger partial charge in [-0.1, -0.05) is 350 Å². The van der Waals surface area contributed by atoms with Gasteiger partial charge in [0.1, 0.15) is 55.3 Å². The molecule has 10 N–H and O–H groups in total. The molecule has 1 aliphatic heterocycles. The van der Waals surface area contributed by atoms with E-state index in [4.69, 9.17) is 57.8 Å². The molecule has 1 rings (SSSR count). The van der Waals surface area contributed by atoms with E-state index in [2.05, 4.69) is 67.6 Å². The van der Waals surface area contributed by atoms with Crippen molar-refractivity contribution in [1.82, 2.24) is 21.3 Å². The largest absolute Gasteiger partial charge is 0.470 e. The minimum Gasteiger partial charge on any atom is -0.462 e. The molecule has 0 saturated carbocycles. The van der Waals surface area contributed by atoms with Gasteiger partial charge in [-0.3, -0.25) is 42.9 Å². The summed E-state index contributed by atoms with van der Waals surface area (Å²) in [6.45, 7) is 10.1. The van der Waals surface area contributed by atoms with Crippen LogP contribution in [-0.4, -0.2) is 208 Å². The van der Waals surface area contributed by atoms with Gasteiger partial charge in [0.15, 0.2) is 12.4 Å². The number of hydrogen-bond donors (Lipinski definition) is 9. The summed E-state index contributed by atoms with van der Waals surface area (Å²) in [5.74, 6) is 0.445. The summed E-state index contributed by atoms with van der Waals surface area (Å²) in [6.07, 6.45) is 42.5. The first-order valence-corrected chi connectivity index (χ1v) is 53.5. The summed E-state index contributed by atoms with van der Waals surface area (Å²) in [6, 6.07) is -1.88. The number of phosphoric acid groups is 1. The molecule has 8 atom stereocenters. The van der Waals surface area contributed by atoms with Crippen molar-refractivity contribution < 1.29 is 120 Å². The second-order valence-corrected chi connectivity index (χ2v) is 37.4. The smallest absolute Gasteiger partial charge is 0.462 e. The van der Waals surface area contributed by atoms with Gasteiger partial charge >= 0.3 is 37.8 Å². The summed E-state index contributed by atoms with van der Waals surface area (Å²) in [7, 11) is -5.75. The number of amides is 4. The van der Waals surface area contributed by atoms with E-state index in [0.717, 1.165) is 238 Å². The van der Waals surface area contributed by atoms with Crippen LogP contribution in [0.1, 0.15) is 446 Å². The van der Waals surface area contributed by atoms with Crippen LogP contribution >= 0.6 is 7.82 Å². The Morgan fingerprint density at radius 2 is 0.715 bits per heavy atom. The number of nitrogens with one attached hydrogen (secondary N) is 4. The molecule has 1 fully saturated rings. The lowest BCUT2D eigenvalue weighted by molar-refractivity contribution is -0.276. The van der Waals surface area contributed by atoms with Gasteiger partial charge in [-0.15, -0.1) is 0 Å². The van der Waals surface area contributed by atoms with Crippen molar-refractivity contribution >= 4 is 55.5 Å². The first-order chi connectivity index (χ1) is 63.1. The molecule has 1 saturated heterocycles. The van der Waals surface area contributed by atoms with Gasteiger partial charge < -0.3 is 88.6 Å². The van der Waals surface area contributed by atoms with E-state index in [1.165, 1.54) is 70.6 Å². The topological polar surface area (TPSA) is 419 Å². The summed E-state index contributed by atoms with van der Waals surface area (Å²) in [4.78, 5) is 138. The van der Waals surface area contributed by atoms with Crippen LogP contribution in [0.5, 0.6) is 0 Å². The third-order valence-corrected chi connectivity index (χ3v) is 24.4. The Bertz CT molecular complexity index is 2780. The predicted octanol–water partition coefficient (Wildman–Crippen LogP) is 19.7. The SMILES string of the molecule is CCCCCCCCCCCC(=O)O[C@H](CCCCCCCCCCC)CC(=O)N[C@H]1[C@H](OCC(CO)(CO)NC(=O)C[C@@H](CCCCCCCCCCC)OC(=O)CCCCCCCCCCC)O[C@H](COC(=O)NCCOCCOCCOCCNC(=O)CON)[C@@H](OP(=O)(O)O)[C@@H]1OC(=O)C[C@@H](CCCCCCCCCCC)OC(=O)CCCCCCCCCCC. The van der Waals surface area contributed by atoms with Crippen molar-refractivity contribution in [3.63, 3.8) is 0 Å². The molecule has 1 heterocycles. The monoisotopic (exact) mass is 1880 g/mol. The van der Waals surface area contributed by atoms with Crippen LogP contribution in [0, 0.1) is 0 Å². The maximum absolute atomic E-state index is 15.4. The lowest BCUT2D eigenvalue weighted by Crippen LogP contribution is -2.67. The molecule has 0 aromatic rings. The lowest BCUT2D eigenvalue weighted by Gasteiger charge is -2.46. The molecule has 0 unspecified atom stereocenters. The van der Waals surface area contributed by atoms with E-state index in [1.54, 1.807) is 0 Å². The second-order valence-electron chi connectivity index (χ2n) is 36.2. The molecular formula is C99H188N5O25P. The van der Waals surface area contributed by atoms with Gasteiger partial charge in [0.25, 0.3) is 0 Å². The molecule has 0 aromatic heterocycles. The highest BCUT2D eigenvalue weighted by molar-refractivity contribution is 7.46. The number of aliphatic hydroxyl groups is 2. The normalized spacial score (nSPS) is 15.9. The van der Waals surface area contributed by atoms with Crippen LogP contribution in [0.3, 0.4) is 0 Å². The van der Waals surface area contributed by atoms with Gasteiger partial charge in [0, 0.05) is 32.4 Å². The van der Waals surface area contributed by atoms with Crippen molar-refractivity contribution in [3.8, 4) is 0 Å². The van der Waals surface area contributed by atoms with Gasteiger partial charge in [0.2, 0.25) is 17.7 Å². The third-order valence-electron chi connectivity index (χ3n) is 23.9. The van der Waals surface area contributed by atoms with Gasteiger partial charge in [-0.05, 0) is 57.8 Å². The summed E-state index contributed by atoms with van der Waals surface area (Å²) >= 11 is 0. The number of alkyl carbamates (subject to hydrolysis) is 1. The van der Waals surface area contributed by atoms with E-state index in [1.807, 2.05) is 0 Å². The summed E-state index contributed by atoms with van der Waals surface area (Å²) in [5.41, 5.74) is -2.09. The highest BCUT2D eigenvalue weighted by atomic mass is 31.2. The Kier molecular flexibility index (Phi) is 82.6. The molecular weight excluding hydrogens is 1690 g/mol. The maximum Gasteiger partial charge on any atom is 0.470 e.